The topological polar surface area (TPSA) is 84.7 Å². The molecule has 1 aromatic rings. The Kier molecular flexibility index (Phi) is 7.41. The lowest BCUT2D eigenvalue weighted by atomic mass is 10.0. The van der Waals surface area contributed by atoms with Crippen LogP contribution in [-0.4, -0.2) is 79.8 Å². The van der Waals surface area contributed by atoms with Crippen molar-refractivity contribution in [3.8, 4) is 0 Å². The standard InChI is InChI=1S/C18H32N4O4S/c1-18(2,3)14-27(24,25)17-19-12-16(22(17)10-11-26-4)13-20-6-5-7-21(15-23)9-8-20/h12,15H,5-11,13-14H2,1-4H3. The summed E-state index contributed by atoms with van der Waals surface area (Å²) in [4.78, 5) is 19.3. The van der Waals surface area contributed by atoms with Crippen molar-refractivity contribution in [3.05, 3.63) is 11.9 Å². The Morgan fingerprint density at radius 1 is 1.22 bits per heavy atom. The van der Waals surface area contributed by atoms with Gasteiger partial charge in [0.05, 0.1) is 24.3 Å². The molecule has 2 heterocycles. The summed E-state index contributed by atoms with van der Waals surface area (Å²) in [6.07, 6.45) is 3.46. The number of imidazole rings is 1. The molecule has 2 rings (SSSR count). The van der Waals surface area contributed by atoms with E-state index in [1.165, 1.54) is 0 Å². The molecule has 1 fully saturated rings. The summed E-state index contributed by atoms with van der Waals surface area (Å²) in [5.74, 6) is 0.0431. The number of hydrogen-bond acceptors (Lipinski definition) is 6. The molecular weight excluding hydrogens is 368 g/mol. The first-order chi connectivity index (χ1) is 12.7. The van der Waals surface area contributed by atoms with Gasteiger partial charge in [0, 0.05) is 46.4 Å². The minimum Gasteiger partial charge on any atom is -0.383 e. The molecule has 0 atom stereocenters. The van der Waals surface area contributed by atoms with Crippen LogP contribution >= 0.6 is 0 Å². The Morgan fingerprint density at radius 2 is 1.96 bits per heavy atom. The second kappa shape index (κ2) is 9.16. The molecule has 27 heavy (non-hydrogen) atoms. The van der Waals surface area contributed by atoms with Crippen molar-refractivity contribution in [2.75, 3.05) is 45.6 Å². The zero-order valence-corrected chi connectivity index (χ0v) is 17.7. The maximum atomic E-state index is 12.9. The predicted molar refractivity (Wildman–Crippen MR) is 103 cm³/mol. The summed E-state index contributed by atoms with van der Waals surface area (Å²) < 4.78 is 32.7. The Hall–Kier alpha value is -1.45. The molecule has 8 nitrogen and oxygen atoms in total. The van der Waals surface area contributed by atoms with Gasteiger partial charge in [-0.05, 0) is 11.8 Å². The van der Waals surface area contributed by atoms with E-state index in [4.69, 9.17) is 4.74 Å². The lowest BCUT2D eigenvalue weighted by Crippen LogP contribution is -2.31. The third kappa shape index (κ3) is 6.29. The van der Waals surface area contributed by atoms with Crippen LogP contribution in [0.3, 0.4) is 0 Å². The van der Waals surface area contributed by atoms with Crippen molar-refractivity contribution >= 4 is 16.2 Å². The summed E-state index contributed by atoms with van der Waals surface area (Å²) in [5, 5.41) is 0.119. The Balaban J connectivity index is 2.24. The number of ether oxygens (including phenoxy) is 1. The number of nitrogens with zero attached hydrogens (tertiary/aromatic N) is 4. The molecule has 154 valence electrons. The van der Waals surface area contributed by atoms with Crippen molar-refractivity contribution in [3.63, 3.8) is 0 Å². The maximum absolute atomic E-state index is 12.9. The van der Waals surface area contributed by atoms with Crippen LogP contribution in [0.4, 0.5) is 0 Å². The third-order valence-electron chi connectivity index (χ3n) is 4.48. The molecule has 0 unspecified atom stereocenters. The van der Waals surface area contributed by atoms with E-state index >= 15 is 0 Å². The van der Waals surface area contributed by atoms with E-state index in [-0.39, 0.29) is 16.3 Å². The molecule has 9 heteroatoms. The number of methoxy groups -OCH3 is 1. The molecule has 0 aromatic carbocycles. The number of rotatable bonds is 8. The van der Waals surface area contributed by atoms with Crippen molar-refractivity contribution in [2.24, 2.45) is 5.41 Å². The number of carbonyl (C=O) groups excluding carboxylic acids is 1. The van der Waals surface area contributed by atoms with Crippen LogP contribution in [0, 0.1) is 5.41 Å². The zero-order chi connectivity index (χ0) is 20.1. The highest BCUT2D eigenvalue weighted by atomic mass is 32.2. The van der Waals surface area contributed by atoms with Crippen molar-refractivity contribution in [1.82, 2.24) is 19.4 Å². The second-order valence-corrected chi connectivity index (χ2v) is 10.2. The van der Waals surface area contributed by atoms with E-state index in [2.05, 4.69) is 9.88 Å². The normalized spacial score (nSPS) is 17.1. The van der Waals surface area contributed by atoms with E-state index < -0.39 is 9.84 Å². The smallest absolute Gasteiger partial charge is 0.227 e. The summed E-state index contributed by atoms with van der Waals surface area (Å²) >= 11 is 0. The van der Waals surface area contributed by atoms with Gasteiger partial charge >= 0.3 is 0 Å². The van der Waals surface area contributed by atoms with Crippen molar-refractivity contribution < 1.29 is 17.9 Å². The average Bonchev–Trinajstić information content (AvgIpc) is 2.82. The highest BCUT2D eigenvalue weighted by molar-refractivity contribution is 7.91. The van der Waals surface area contributed by atoms with Gasteiger partial charge in [0.25, 0.3) is 0 Å². The fourth-order valence-electron chi connectivity index (χ4n) is 3.31. The summed E-state index contributed by atoms with van der Waals surface area (Å²) in [7, 11) is -1.90. The largest absolute Gasteiger partial charge is 0.383 e. The SMILES string of the molecule is COCCn1c(CN2CCCN(C=O)CC2)cnc1S(=O)(=O)CC(C)(C)C. The van der Waals surface area contributed by atoms with Gasteiger partial charge in [-0.3, -0.25) is 9.69 Å². The number of amides is 1. The Morgan fingerprint density at radius 3 is 2.59 bits per heavy atom. The van der Waals surface area contributed by atoms with Gasteiger partial charge in [0.2, 0.25) is 21.4 Å². The molecule has 1 aliphatic heterocycles. The molecule has 1 aromatic heterocycles. The molecular formula is C18H32N4O4S. The first kappa shape index (κ1) is 21.8. The van der Waals surface area contributed by atoms with Crippen LogP contribution in [-0.2, 0) is 32.5 Å². The van der Waals surface area contributed by atoms with Gasteiger partial charge in [-0.15, -0.1) is 0 Å². The van der Waals surface area contributed by atoms with E-state index in [0.29, 0.717) is 26.2 Å². The number of hydrogen-bond donors (Lipinski definition) is 0. The lowest BCUT2D eigenvalue weighted by Gasteiger charge is -2.22. The first-order valence-electron chi connectivity index (χ1n) is 9.34. The number of aromatic nitrogens is 2. The molecule has 1 saturated heterocycles. The summed E-state index contributed by atoms with van der Waals surface area (Å²) in [5.41, 5.74) is 0.513. The fourth-order valence-corrected chi connectivity index (χ4v) is 5.33. The molecule has 0 saturated carbocycles. The maximum Gasteiger partial charge on any atom is 0.227 e. The van der Waals surface area contributed by atoms with Gasteiger partial charge in [0.15, 0.2) is 0 Å². The van der Waals surface area contributed by atoms with Crippen LogP contribution < -0.4 is 0 Å². The molecule has 1 aliphatic rings. The molecule has 0 spiro atoms. The Bertz CT molecular complexity index is 724. The second-order valence-electron chi connectivity index (χ2n) is 8.27. The summed E-state index contributed by atoms with van der Waals surface area (Å²) in [6.45, 7) is 10.3. The molecule has 0 aliphatic carbocycles. The van der Waals surface area contributed by atoms with Crippen LogP contribution in [0.15, 0.2) is 11.4 Å². The lowest BCUT2D eigenvalue weighted by molar-refractivity contribution is -0.118. The van der Waals surface area contributed by atoms with Crippen molar-refractivity contribution in [1.29, 1.82) is 0 Å². The van der Waals surface area contributed by atoms with Crippen LogP contribution in [0.2, 0.25) is 0 Å². The third-order valence-corrected chi connectivity index (χ3v) is 6.61. The van der Waals surface area contributed by atoms with E-state index in [9.17, 15) is 13.2 Å². The minimum atomic E-state index is -3.50. The van der Waals surface area contributed by atoms with Gasteiger partial charge in [-0.2, -0.15) is 0 Å². The van der Waals surface area contributed by atoms with E-state index in [0.717, 1.165) is 38.2 Å². The number of carbonyl (C=O) groups is 1. The first-order valence-corrected chi connectivity index (χ1v) is 11.0. The molecule has 0 bridgehead atoms. The van der Waals surface area contributed by atoms with Crippen LogP contribution in [0.5, 0.6) is 0 Å². The molecule has 0 N–H and O–H groups in total. The minimum absolute atomic E-state index is 0.0431. The highest BCUT2D eigenvalue weighted by Crippen LogP contribution is 2.23. The average molecular weight is 401 g/mol. The zero-order valence-electron chi connectivity index (χ0n) is 16.8. The summed E-state index contributed by atoms with van der Waals surface area (Å²) in [6, 6.07) is 0. The van der Waals surface area contributed by atoms with E-state index in [1.807, 2.05) is 20.8 Å². The van der Waals surface area contributed by atoms with Gasteiger partial charge in [0.1, 0.15) is 0 Å². The van der Waals surface area contributed by atoms with Gasteiger partial charge in [-0.1, -0.05) is 20.8 Å². The van der Waals surface area contributed by atoms with Crippen LogP contribution in [0.25, 0.3) is 0 Å². The predicted octanol–water partition coefficient (Wildman–Crippen LogP) is 1.01. The fraction of sp³-hybridized carbons (Fsp3) is 0.778. The quantitative estimate of drug-likeness (QED) is 0.606. The molecule has 0 radical (unpaired) electrons. The van der Waals surface area contributed by atoms with E-state index in [1.54, 1.807) is 22.8 Å². The molecule has 1 amide bonds. The van der Waals surface area contributed by atoms with Gasteiger partial charge in [-0.25, -0.2) is 13.4 Å². The Labute approximate surface area is 162 Å². The van der Waals surface area contributed by atoms with Gasteiger partial charge < -0.3 is 14.2 Å². The van der Waals surface area contributed by atoms with Crippen molar-refractivity contribution in [2.45, 2.75) is 45.4 Å². The monoisotopic (exact) mass is 400 g/mol. The van der Waals surface area contributed by atoms with Crippen LogP contribution in [0.1, 0.15) is 32.9 Å². The number of sulfone groups is 1. The highest BCUT2D eigenvalue weighted by Gasteiger charge is 2.29.